The minimum atomic E-state index is -0.756. The summed E-state index contributed by atoms with van der Waals surface area (Å²) < 4.78 is 11.5. The summed E-state index contributed by atoms with van der Waals surface area (Å²) in [6, 6.07) is 15.6. The zero-order valence-corrected chi connectivity index (χ0v) is 16.6. The van der Waals surface area contributed by atoms with Crippen molar-refractivity contribution in [2.45, 2.75) is 32.0 Å². The summed E-state index contributed by atoms with van der Waals surface area (Å²) in [6.45, 7) is 4.02. The van der Waals surface area contributed by atoms with E-state index in [1.54, 1.807) is 7.11 Å². The smallest absolute Gasteiger partial charge is 0.256 e. The average Bonchev–Trinajstić information content (AvgIpc) is 2.70. The Bertz CT molecular complexity index is 746. The van der Waals surface area contributed by atoms with Crippen LogP contribution in [0.1, 0.15) is 24.0 Å². The van der Waals surface area contributed by atoms with Gasteiger partial charge in [-0.3, -0.25) is 4.79 Å². The molecule has 0 unspecified atom stereocenters. The van der Waals surface area contributed by atoms with Crippen LogP contribution in [0.25, 0.3) is 0 Å². The quantitative estimate of drug-likeness (QED) is 0.789. The number of benzene rings is 2. The second kappa shape index (κ2) is 9.74. The molecule has 2 N–H and O–H groups in total. The SMILES string of the molecule is COC1(C(=O)Nc2cccc(COc3ccccc3)c2C)CCNCC1.Cl. The molecule has 1 saturated heterocycles. The molecule has 1 heterocycles. The van der Waals surface area contributed by atoms with Gasteiger partial charge in [-0.2, -0.15) is 0 Å². The van der Waals surface area contributed by atoms with Gasteiger partial charge in [0.2, 0.25) is 0 Å². The normalized spacial score (nSPS) is 15.5. The lowest BCUT2D eigenvalue weighted by Gasteiger charge is -2.35. The molecule has 1 amide bonds. The van der Waals surface area contributed by atoms with Gasteiger partial charge in [0.05, 0.1) is 0 Å². The van der Waals surface area contributed by atoms with E-state index in [0.29, 0.717) is 19.4 Å². The molecule has 0 aromatic heterocycles. The molecule has 0 atom stereocenters. The summed E-state index contributed by atoms with van der Waals surface area (Å²) >= 11 is 0. The van der Waals surface area contributed by atoms with E-state index in [1.807, 2.05) is 55.5 Å². The molecular weight excluding hydrogens is 364 g/mol. The number of halogens is 1. The lowest BCUT2D eigenvalue weighted by atomic mass is 9.91. The molecule has 0 saturated carbocycles. The summed E-state index contributed by atoms with van der Waals surface area (Å²) in [5.41, 5.74) is 2.10. The third-order valence-electron chi connectivity index (χ3n) is 5.05. The fourth-order valence-electron chi connectivity index (χ4n) is 3.24. The molecule has 27 heavy (non-hydrogen) atoms. The first-order valence-electron chi connectivity index (χ1n) is 8.98. The van der Waals surface area contributed by atoms with Crippen molar-refractivity contribution in [3.05, 3.63) is 59.7 Å². The molecule has 1 aliphatic rings. The van der Waals surface area contributed by atoms with Gasteiger partial charge in [0.15, 0.2) is 0 Å². The second-order valence-corrected chi connectivity index (χ2v) is 6.59. The number of methoxy groups -OCH3 is 1. The Labute approximate surface area is 166 Å². The molecule has 0 radical (unpaired) electrons. The van der Waals surface area contributed by atoms with Crippen molar-refractivity contribution in [3.63, 3.8) is 0 Å². The highest BCUT2D eigenvalue weighted by Gasteiger charge is 2.39. The fraction of sp³-hybridized carbons (Fsp3) is 0.381. The number of amides is 1. The van der Waals surface area contributed by atoms with Crippen LogP contribution in [0.15, 0.2) is 48.5 Å². The van der Waals surface area contributed by atoms with E-state index in [2.05, 4.69) is 10.6 Å². The number of piperidine rings is 1. The van der Waals surface area contributed by atoms with Gasteiger partial charge in [-0.1, -0.05) is 30.3 Å². The third-order valence-corrected chi connectivity index (χ3v) is 5.05. The van der Waals surface area contributed by atoms with Crippen molar-refractivity contribution in [1.82, 2.24) is 5.32 Å². The van der Waals surface area contributed by atoms with Crippen LogP contribution >= 0.6 is 12.4 Å². The molecule has 6 heteroatoms. The van der Waals surface area contributed by atoms with Gasteiger partial charge in [0, 0.05) is 12.8 Å². The van der Waals surface area contributed by atoms with E-state index in [0.717, 1.165) is 35.7 Å². The van der Waals surface area contributed by atoms with Crippen LogP contribution in [-0.2, 0) is 16.1 Å². The van der Waals surface area contributed by atoms with Gasteiger partial charge >= 0.3 is 0 Å². The molecule has 5 nitrogen and oxygen atoms in total. The maximum atomic E-state index is 12.9. The number of ether oxygens (including phenoxy) is 2. The van der Waals surface area contributed by atoms with Crippen LogP contribution < -0.4 is 15.4 Å². The molecule has 0 spiro atoms. The van der Waals surface area contributed by atoms with Crippen molar-refractivity contribution < 1.29 is 14.3 Å². The van der Waals surface area contributed by atoms with E-state index in [1.165, 1.54) is 0 Å². The van der Waals surface area contributed by atoms with Crippen molar-refractivity contribution in [2.24, 2.45) is 0 Å². The largest absolute Gasteiger partial charge is 0.489 e. The topological polar surface area (TPSA) is 59.6 Å². The Morgan fingerprint density at radius 3 is 2.48 bits per heavy atom. The minimum absolute atomic E-state index is 0. The summed E-state index contributed by atoms with van der Waals surface area (Å²) in [5.74, 6) is 0.750. The van der Waals surface area contributed by atoms with Gasteiger partial charge < -0.3 is 20.1 Å². The lowest BCUT2D eigenvalue weighted by Crippen LogP contribution is -2.51. The Morgan fingerprint density at radius 2 is 1.81 bits per heavy atom. The average molecular weight is 391 g/mol. The summed E-state index contributed by atoms with van der Waals surface area (Å²) in [7, 11) is 1.61. The Kier molecular flexibility index (Phi) is 7.66. The first-order valence-corrected chi connectivity index (χ1v) is 8.98. The van der Waals surface area contributed by atoms with E-state index in [4.69, 9.17) is 9.47 Å². The summed E-state index contributed by atoms with van der Waals surface area (Å²) in [5, 5.41) is 6.33. The molecule has 2 aromatic rings. The van der Waals surface area contributed by atoms with E-state index in [9.17, 15) is 4.79 Å². The van der Waals surface area contributed by atoms with Crippen LogP contribution in [0.2, 0.25) is 0 Å². The van der Waals surface area contributed by atoms with Crippen molar-refractivity contribution >= 4 is 24.0 Å². The number of para-hydroxylation sites is 1. The van der Waals surface area contributed by atoms with Gasteiger partial charge in [-0.15, -0.1) is 12.4 Å². The van der Waals surface area contributed by atoms with Gasteiger partial charge in [-0.05, 0) is 62.2 Å². The predicted octanol–water partition coefficient (Wildman–Crippen LogP) is 3.70. The van der Waals surface area contributed by atoms with Crippen molar-refractivity contribution in [1.29, 1.82) is 0 Å². The highest BCUT2D eigenvalue weighted by atomic mass is 35.5. The number of nitrogens with one attached hydrogen (secondary N) is 2. The maximum absolute atomic E-state index is 12.9. The zero-order valence-electron chi connectivity index (χ0n) is 15.8. The van der Waals surface area contributed by atoms with Crippen LogP contribution in [0.3, 0.4) is 0 Å². The maximum Gasteiger partial charge on any atom is 0.256 e. The van der Waals surface area contributed by atoms with E-state index < -0.39 is 5.60 Å². The van der Waals surface area contributed by atoms with Crippen LogP contribution in [-0.4, -0.2) is 31.7 Å². The minimum Gasteiger partial charge on any atom is -0.489 e. The molecule has 1 aliphatic heterocycles. The monoisotopic (exact) mass is 390 g/mol. The highest BCUT2D eigenvalue weighted by Crippen LogP contribution is 2.27. The second-order valence-electron chi connectivity index (χ2n) is 6.59. The summed E-state index contributed by atoms with van der Waals surface area (Å²) in [4.78, 5) is 12.9. The van der Waals surface area contributed by atoms with E-state index in [-0.39, 0.29) is 18.3 Å². The standard InChI is InChI=1S/C21H26N2O3.ClH/c1-16-17(15-26-18-8-4-3-5-9-18)7-6-10-19(16)23-20(24)21(25-2)11-13-22-14-12-21;/h3-10,22H,11-15H2,1-2H3,(H,23,24);1H. The molecule has 0 aliphatic carbocycles. The first kappa shape index (κ1) is 21.2. The molecule has 0 bridgehead atoms. The molecule has 2 aromatic carbocycles. The number of carbonyl (C=O) groups is 1. The molecular formula is C21H27ClN2O3. The Morgan fingerprint density at radius 1 is 1.11 bits per heavy atom. The number of rotatable bonds is 6. The Hall–Kier alpha value is -2.08. The van der Waals surface area contributed by atoms with Crippen LogP contribution in [0.4, 0.5) is 5.69 Å². The van der Waals surface area contributed by atoms with Crippen molar-refractivity contribution in [3.8, 4) is 5.75 Å². The third kappa shape index (κ3) is 5.01. The number of hydrogen-bond acceptors (Lipinski definition) is 4. The fourth-order valence-corrected chi connectivity index (χ4v) is 3.24. The lowest BCUT2D eigenvalue weighted by molar-refractivity contribution is -0.140. The molecule has 146 valence electrons. The Balaban J connectivity index is 0.00000261. The molecule has 1 fully saturated rings. The summed E-state index contributed by atoms with van der Waals surface area (Å²) in [6.07, 6.45) is 1.34. The number of carbonyl (C=O) groups excluding carboxylic acids is 1. The van der Waals surface area contributed by atoms with Gasteiger partial charge in [0.25, 0.3) is 5.91 Å². The van der Waals surface area contributed by atoms with Crippen LogP contribution in [0, 0.1) is 6.92 Å². The highest BCUT2D eigenvalue weighted by molar-refractivity contribution is 5.98. The van der Waals surface area contributed by atoms with Crippen molar-refractivity contribution in [2.75, 3.05) is 25.5 Å². The van der Waals surface area contributed by atoms with E-state index >= 15 is 0 Å². The van der Waals surface area contributed by atoms with Gasteiger partial charge in [0.1, 0.15) is 18.0 Å². The predicted molar refractivity (Wildman–Crippen MR) is 110 cm³/mol. The van der Waals surface area contributed by atoms with Gasteiger partial charge in [-0.25, -0.2) is 0 Å². The molecule has 3 rings (SSSR count). The number of hydrogen-bond donors (Lipinski definition) is 2. The van der Waals surface area contributed by atoms with Crippen LogP contribution in [0.5, 0.6) is 5.75 Å². The first-order chi connectivity index (χ1) is 12.6. The zero-order chi connectivity index (χ0) is 18.4. The number of anilines is 1.